The molecule has 1 aromatic rings. The Balaban J connectivity index is 1.68. The molecule has 32 heavy (non-hydrogen) atoms. The van der Waals surface area contributed by atoms with Crippen LogP contribution >= 0.6 is 0 Å². The second-order valence-electron chi connectivity index (χ2n) is 9.59. The summed E-state index contributed by atoms with van der Waals surface area (Å²) in [6, 6.07) is 5.78. The molecule has 0 bridgehead atoms. The van der Waals surface area contributed by atoms with E-state index >= 15 is 0 Å². The molecule has 0 saturated heterocycles. The summed E-state index contributed by atoms with van der Waals surface area (Å²) in [6.45, 7) is 6.68. The number of ether oxygens (including phenoxy) is 2. The Morgan fingerprint density at radius 3 is 1.81 bits per heavy atom. The van der Waals surface area contributed by atoms with Crippen LogP contribution in [0, 0.1) is 25.7 Å². The maximum absolute atomic E-state index is 12.8. The Morgan fingerprint density at radius 2 is 1.25 bits per heavy atom. The fourth-order valence-electron chi connectivity index (χ4n) is 4.75. The van der Waals surface area contributed by atoms with Gasteiger partial charge in [-0.25, -0.2) is 0 Å². The third-order valence-corrected chi connectivity index (χ3v) is 6.53. The molecule has 0 N–H and O–H groups in total. The van der Waals surface area contributed by atoms with E-state index in [-0.39, 0.29) is 17.9 Å². The molecule has 0 amide bonds. The molecule has 1 saturated carbocycles. The number of esters is 2. The van der Waals surface area contributed by atoms with E-state index in [0.29, 0.717) is 25.2 Å². The van der Waals surface area contributed by atoms with Crippen LogP contribution in [-0.4, -0.2) is 18.5 Å². The molecule has 2 rings (SSSR count). The highest BCUT2D eigenvalue weighted by Gasteiger charge is 2.38. The lowest BCUT2D eigenvalue weighted by Gasteiger charge is -2.28. The molecular formula is C28H44O4. The van der Waals surface area contributed by atoms with Crippen LogP contribution in [-0.2, 0) is 14.3 Å². The number of benzene rings is 1. The fourth-order valence-corrected chi connectivity index (χ4v) is 4.75. The van der Waals surface area contributed by atoms with E-state index in [1.54, 1.807) is 0 Å². The smallest absolute Gasteiger partial charge is 0.315 e. The van der Waals surface area contributed by atoms with Gasteiger partial charge in [-0.3, -0.25) is 9.59 Å². The molecule has 0 spiro atoms. The summed E-state index contributed by atoms with van der Waals surface area (Å²) in [5.41, 5.74) is 2.12. The van der Waals surface area contributed by atoms with Gasteiger partial charge in [-0.05, 0) is 56.4 Å². The average molecular weight is 445 g/mol. The molecule has 1 aliphatic carbocycles. The molecule has 1 fully saturated rings. The van der Waals surface area contributed by atoms with Crippen LogP contribution in [0.4, 0.5) is 0 Å². The van der Waals surface area contributed by atoms with Gasteiger partial charge in [0.2, 0.25) is 0 Å². The standard InChI is InChI=1S/C28H44O4/c1-4-5-6-7-8-9-10-11-12-15-18-31-27(29)25-16-13-14-17-26(25)28(30)32-24-20-22(2)19-23(3)21-24/h19-21,25-26H,4-18H2,1-3H3. The predicted octanol–water partition coefficient (Wildman–Crippen LogP) is 7.48. The van der Waals surface area contributed by atoms with Crippen LogP contribution in [0.3, 0.4) is 0 Å². The fraction of sp³-hybridized carbons (Fsp3) is 0.714. The van der Waals surface area contributed by atoms with Crippen LogP contribution in [0.15, 0.2) is 18.2 Å². The summed E-state index contributed by atoms with van der Waals surface area (Å²) in [5, 5.41) is 0. The lowest BCUT2D eigenvalue weighted by molar-refractivity contribution is -0.158. The van der Waals surface area contributed by atoms with Crippen molar-refractivity contribution in [2.24, 2.45) is 11.8 Å². The number of rotatable bonds is 14. The lowest BCUT2D eigenvalue weighted by Crippen LogP contribution is -2.36. The first-order valence-corrected chi connectivity index (χ1v) is 13.0. The minimum absolute atomic E-state index is 0.219. The minimum atomic E-state index is -0.398. The van der Waals surface area contributed by atoms with Crippen molar-refractivity contribution in [3.8, 4) is 5.75 Å². The first-order valence-electron chi connectivity index (χ1n) is 13.0. The van der Waals surface area contributed by atoms with Crippen molar-refractivity contribution in [1.82, 2.24) is 0 Å². The van der Waals surface area contributed by atoms with Gasteiger partial charge in [0.15, 0.2) is 0 Å². The quantitative estimate of drug-likeness (QED) is 0.169. The van der Waals surface area contributed by atoms with Crippen molar-refractivity contribution in [1.29, 1.82) is 0 Å². The molecule has 2 atom stereocenters. The van der Waals surface area contributed by atoms with E-state index in [0.717, 1.165) is 36.8 Å². The third kappa shape index (κ3) is 9.75. The lowest BCUT2D eigenvalue weighted by atomic mass is 9.79. The summed E-state index contributed by atoms with van der Waals surface area (Å²) < 4.78 is 11.2. The van der Waals surface area contributed by atoms with Crippen LogP contribution < -0.4 is 4.74 Å². The van der Waals surface area contributed by atoms with E-state index < -0.39 is 5.92 Å². The van der Waals surface area contributed by atoms with Crippen molar-refractivity contribution in [2.75, 3.05) is 6.61 Å². The van der Waals surface area contributed by atoms with Crippen molar-refractivity contribution in [2.45, 2.75) is 111 Å². The summed E-state index contributed by atoms with van der Waals surface area (Å²) in [6.07, 6.45) is 15.9. The Bertz CT molecular complexity index is 676. The average Bonchev–Trinajstić information content (AvgIpc) is 2.76. The van der Waals surface area contributed by atoms with Crippen molar-refractivity contribution in [3.63, 3.8) is 0 Å². The first-order chi connectivity index (χ1) is 15.5. The molecule has 4 heteroatoms. The Kier molecular flexibility index (Phi) is 12.4. The Hall–Kier alpha value is -1.84. The number of carbonyl (C=O) groups excluding carboxylic acids is 2. The molecule has 0 radical (unpaired) electrons. The van der Waals surface area contributed by atoms with Gasteiger partial charge in [0.1, 0.15) is 5.75 Å². The molecular weight excluding hydrogens is 400 g/mol. The first kappa shape index (κ1) is 26.4. The monoisotopic (exact) mass is 444 g/mol. The molecule has 4 nitrogen and oxygen atoms in total. The molecule has 2 unspecified atom stereocenters. The zero-order valence-electron chi connectivity index (χ0n) is 20.6. The minimum Gasteiger partial charge on any atom is -0.465 e. The highest BCUT2D eigenvalue weighted by Crippen LogP contribution is 2.33. The second-order valence-corrected chi connectivity index (χ2v) is 9.59. The van der Waals surface area contributed by atoms with Gasteiger partial charge in [0, 0.05) is 0 Å². The van der Waals surface area contributed by atoms with Crippen molar-refractivity contribution < 1.29 is 19.1 Å². The van der Waals surface area contributed by atoms with Gasteiger partial charge in [-0.15, -0.1) is 0 Å². The van der Waals surface area contributed by atoms with Gasteiger partial charge < -0.3 is 9.47 Å². The van der Waals surface area contributed by atoms with Gasteiger partial charge in [-0.2, -0.15) is 0 Å². The number of aryl methyl sites for hydroxylation is 2. The molecule has 1 aromatic carbocycles. The number of unbranched alkanes of at least 4 members (excludes halogenated alkanes) is 9. The number of carbonyl (C=O) groups is 2. The van der Waals surface area contributed by atoms with Gasteiger partial charge in [0.25, 0.3) is 0 Å². The number of hydrogen-bond acceptors (Lipinski definition) is 4. The molecule has 0 heterocycles. The van der Waals surface area contributed by atoms with Crippen LogP contribution in [0.5, 0.6) is 5.75 Å². The van der Waals surface area contributed by atoms with Gasteiger partial charge in [0.05, 0.1) is 18.4 Å². The van der Waals surface area contributed by atoms with Crippen molar-refractivity contribution >= 4 is 11.9 Å². The van der Waals surface area contributed by atoms with Crippen LogP contribution in [0.2, 0.25) is 0 Å². The Morgan fingerprint density at radius 1 is 0.750 bits per heavy atom. The summed E-state index contributed by atoms with van der Waals surface area (Å²) >= 11 is 0. The van der Waals surface area contributed by atoms with Crippen LogP contribution in [0.25, 0.3) is 0 Å². The molecule has 0 aromatic heterocycles. The maximum atomic E-state index is 12.8. The topological polar surface area (TPSA) is 52.6 Å². The molecule has 1 aliphatic rings. The highest BCUT2D eigenvalue weighted by atomic mass is 16.5. The van der Waals surface area contributed by atoms with E-state index in [9.17, 15) is 9.59 Å². The van der Waals surface area contributed by atoms with Gasteiger partial charge >= 0.3 is 11.9 Å². The third-order valence-electron chi connectivity index (χ3n) is 6.53. The summed E-state index contributed by atoms with van der Waals surface area (Å²) in [7, 11) is 0. The van der Waals surface area contributed by atoms with E-state index in [1.807, 2.05) is 32.0 Å². The van der Waals surface area contributed by atoms with Crippen LogP contribution in [0.1, 0.15) is 108 Å². The highest BCUT2D eigenvalue weighted by molar-refractivity contribution is 5.83. The predicted molar refractivity (Wildman–Crippen MR) is 130 cm³/mol. The molecule has 0 aliphatic heterocycles. The SMILES string of the molecule is CCCCCCCCCCCCOC(=O)C1CCCCC1C(=O)Oc1cc(C)cc(C)c1. The van der Waals surface area contributed by atoms with Crippen molar-refractivity contribution in [3.05, 3.63) is 29.3 Å². The van der Waals surface area contributed by atoms with E-state index in [2.05, 4.69) is 6.92 Å². The normalized spacial score (nSPS) is 18.3. The second kappa shape index (κ2) is 15.1. The van der Waals surface area contributed by atoms with E-state index in [1.165, 1.54) is 51.4 Å². The zero-order chi connectivity index (χ0) is 23.2. The van der Waals surface area contributed by atoms with E-state index in [4.69, 9.17) is 9.47 Å². The summed E-state index contributed by atoms with van der Waals surface area (Å²) in [4.78, 5) is 25.5. The Labute approximate surface area is 195 Å². The largest absolute Gasteiger partial charge is 0.465 e. The summed E-state index contributed by atoms with van der Waals surface area (Å²) in [5.74, 6) is -0.718. The number of hydrogen-bond donors (Lipinski definition) is 0. The maximum Gasteiger partial charge on any atom is 0.315 e. The zero-order valence-corrected chi connectivity index (χ0v) is 20.6. The van der Waals surface area contributed by atoms with Gasteiger partial charge in [-0.1, -0.05) is 83.6 Å². The molecule has 180 valence electrons.